The van der Waals surface area contributed by atoms with Crippen LogP contribution in [-0.2, 0) is 0 Å². The SMILES string of the molecule is O=C(Nc1sc(C2CC2c2ccccc2)nc1-c1ccc(F)cc1)c1ccc(F)cc1. The lowest BCUT2D eigenvalue weighted by Crippen LogP contribution is -2.11. The van der Waals surface area contributed by atoms with Crippen molar-refractivity contribution in [3.63, 3.8) is 0 Å². The average Bonchev–Trinajstić information content (AvgIpc) is 3.49. The Balaban J connectivity index is 1.46. The van der Waals surface area contributed by atoms with Crippen molar-refractivity contribution in [2.45, 2.75) is 18.3 Å². The molecule has 1 aliphatic rings. The maximum atomic E-state index is 13.4. The Hall–Kier alpha value is -3.38. The molecule has 0 aliphatic heterocycles. The summed E-state index contributed by atoms with van der Waals surface area (Å²) in [5, 5.41) is 4.47. The van der Waals surface area contributed by atoms with Crippen molar-refractivity contribution in [3.05, 3.63) is 107 Å². The van der Waals surface area contributed by atoms with E-state index in [9.17, 15) is 13.6 Å². The summed E-state index contributed by atoms with van der Waals surface area (Å²) < 4.78 is 26.6. The topological polar surface area (TPSA) is 42.0 Å². The van der Waals surface area contributed by atoms with E-state index in [0.717, 1.165) is 17.0 Å². The van der Waals surface area contributed by atoms with Crippen molar-refractivity contribution in [1.82, 2.24) is 4.98 Å². The third-order valence-electron chi connectivity index (χ3n) is 5.43. The molecular weight excluding hydrogens is 414 g/mol. The third-order valence-corrected chi connectivity index (χ3v) is 6.53. The van der Waals surface area contributed by atoms with E-state index in [1.807, 2.05) is 18.2 Å². The number of halogens is 2. The molecule has 1 fully saturated rings. The maximum Gasteiger partial charge on any atom is 0.256 e. The molecule has 3 nitrogen and oxygen atoms in total. The number of benzene rings is 3. The van der Waals surface area contributed by atoms with Crippen LogP contribution in [0, 0.1) is 11.6 Å². The summed E-state index contributed by atoms with van der Waals surface area (Å²) in [5.41, 5.74) is 2.99. The van der Waals surface area contributed by atoms with Crippen molar-refractivity contribution in [2.24, 2.45) is 0 Å². The first-order valence-electron chi connectivity index (χ1n) is 9.97. The van der Waals surface area contributed by atoms with Crippen molar-refractivity contribution in [1.29, 1.82) is 0 Å². The second kappa shape index (κ2) is 8.04. The number of hydrogen-bond acceptors (Lipinski definition) is 3. The van der Waals surface area contributed by atoms with Crippen LogP contribution >= 0.6 is 11.3 Å². The molecule has 31 heavy (non-hydrogen) atoms. The van der Waals surface area contributed by atoms with E-state index in [-0.39, 0.29) is 11.7 Å². The van der Waals surface area contributed by atoms with E-state index in [1.165, 1.54) is 53.3 Å². The molecule has 154 valence electrons. The molecule has 0 radical (unpaired) electrons. The van der Waals surface area contributed by atoms with Gasteiger partial charge in [-0.1, -0.05) is 30.3 Å². The van der Waals surface area contributed by atoms with Crippen LogP contribution in [0.5, 0.6) is 0 Å². The molecule has 0 spiro atoms. The predicted octanol–water partition coefficient (Wildman–Crippen LogP) is 6.61. The lowest BCUT2D eigenvalue weighted by molar-refractivity contribution is 0.102. The van der Waals surface area contributed by atoms with E-state index in [2.05, 4.69) is 17.4 Å². The molecule has 0 bridgehead atoms. The van der Waals surface area contributed by atoms with Gasteiger partial charge in [0.05, 0.1) is 5.01 Å². The van der Waals surface area contributed by atoms with Gasteiger partial charge in [0.25, 0.3) is 5.91 Å². The Morgan fingerprint density at radius 2 is 1.52 bits per heavy atom. The standard InChI is InChI=1S/C25H18F2N2OS/c26-18-10-6-16(7-11-18)22-25(29-23(30)17-8-12-19(27)13-9-17)31-24(28-22)21-14-20(21)15-4-2-1-3-5-15/h1-13,20-21H,14H2,(H,29,30). The number of hydrogen-bond donors (Lipinski definition) is 1. The molecular formula is C25H18F2N2OS. The van der Waals surface area contributed by atoms with Gasteiger partial charge in [0.1, 0.15) is 22.3 Å². The van der Waals surface area contributed by atoms with Gasteiger partial charge in [-0.3, -0.25) is 4.79 Å². The zero-order chi connectivity index (χ0) is 21.4. The molecule has 6 heteroatoms. The Morgan fingerprint density at radius 1 is 0.871 bits per heavy atom. The van der Waals surface area contributed by atoms with Gasteiger partial charge in [-0.15, -0.1) is 11.3 Å². The lowest BCUT2D eigenvalue weighted by Gasteiger charge is -2.05. The molecule has 1 heterocycles. The summed E-state index contributed by atoms with van der Waals surface area (Å²) in [4.78, 5) is 17.6. The van der Waals surface area contributed by atoms with Crippen LogP contribution in [-0.4, -0.2) is 10.9 Å². The molecule has 1 saturated carbocycles. The van der Waals surface area contributed by atoms with Crippen molar-refractivity contribution in [2.75, 3.05) is 5.32 Å². The summed E-state index contributed by atoms with van der Waals surface area (Å²) in [7, 11) is 0. The Kier molecular flexibility index (Phi) is 5.08. The molecule has 2 unspecified atom stereocenters. The highest BCUT2D eigenvalue weighted by Crippen LogP contribution is 2.56. The van der Waals surface area contributed by atoms with Crippen molar-refractivity contribution >= 4 is 22.2 Å². The van der Waals surface area contributed by atoms with Gasteiger partial charge < -0.3 is 5.32 Å². The van der Waals surface area contributed by atoms with Crippen LogP contribution in [0.3, 0.4) is 0 Å². The van der Waals surface area contributed by atoms with Crippen LogP contribution in [0.15, 0.2) is 78.9 Å². The van der Waals surface area contributed by atoms with E-state index in [4.69, 9.17) is 4.98 Å². The number of carbonyl (C=O) groups is 1. The largest absolute Gasteiger partial charge is 0.312 e. The number of nitrogens with one attached hydrogen (secondary N) is 1. The highest BCUT2D eigenvalue weighted by Gasteiger charge is 2.42. The quantitative estimate of drug-likeness (QED) is 0.385. The number of amides is 1. The summed E-state index contributed by atoms with van der Waals surface area (Å²) >= 11 is 1.44. The number of thiazole rings is 1. The number of aromatic nitrogens is 1. The van der Waals surface area contributed by atoms with Gasteiger partial charge in [0.15, 0.2) is 0 Å². The first-order valence-corrected chi connectivity index (χ1v) is 10.8. The van der Waals surface area contributed by atoms with Gasteiger partial charge in [-0.05, 0) is 66.4 Å². The molecule has 3 aromatic carbocycles. The van der Waals surface area contributed by atoms with Gasteiger partial charge >= 0.3 is 0 Å². The van der Waals surface area contributed by atoms with E-state index in [1.54, 1.807) is 12.1 Å². The fourth-order valence-electron chi connectivity index (χ4n) is 3.70. The van der Waals surface area contributed by atoms with Crippen LogP contribution in [0.4, 0.5) is 13.8 Å². The third kappa shape index (κ3) is 4.11. The lowest BCUT2D eigenvalue weighted by atomic mass is 10.1. The summed E-state index contributed by atoms with van der Waals surface area (Å²) in [6.45, 7) is 0. The number of carbonyl (C=O) groups excluding carboxylic acids is 1. The molecule has 2 atom stereocenters. The number of nitrogens with zero attached hydrogens (tertiary/aromatic N) is 1. The van der Waals surface area contributed by atoms with Crippen LogP contribution < -0.4 is 5.32 Å². The van der Waals surface area contributed by atoms with Crippen molar-refractivity contribution in [3.8, 4) is 11.3 Å². The van der Waals surface area contributed by atoms with E-state index < -0.39 is 5.82 Å². The predicted molar refractivity (Wildman–Crippen MR) is 118 cm³/mol. The monoisotopic (exact) mass is 432 g/mol. The van der Waals surface area contributed by atoms with Crippen molar-refractivity contribution < 1.29 is 13.6 Å². The van der Waals surface area contributed by atoms with Crippen LogP contribution in [0.2, 0.25) is 0 Å². The molecule has 5 rings (SSSR count). The zero-order valence-electron chi connectivity index (χ0n) is 16.4. The Morgan fingerprint density at radius 3 is 2.19 bits per heavy atom. The summed E-state index contributed by atoms with van der Waals surface area (Å²) in [6, 6.07) is 21.8. The smallest absolute Gasteiger partial charge is 0.256 e. The fraction of sp³-hybridized carbons (Fsp3) is 0.120. The Bertz CT molecular complexity index is 1220. The van der Waals surface area contributed by atoms with Gasteiger partial charge in [0.2, 0.25) is 0 Å². The second-order valence-electron chi connectivity index (χ2n) is 7.56. The maximum absolute atomic E-state index is 13.4. The summed E-state index contributed by atoms with van der Waals surface area (Å²) in [5.74, 6) is -0.363. The highest BCUT2D eigenvalue weighted by atomic mass is 32.1. The minimum absolute atomic E-state index is 0.295. The number of rotatable bonds is 5. The van der Waals surface area contributed by atoms with Crippen LogP contribution in [0.25, 0.3) is 11.3 Å². The molecule has 1 amide bonds. The second-order valence-corrected chi connectivity index (χ2v) is 8.59. The van der Waals surface area contributed by atoms with E-state index >= 15 is 0 Å². The molecule has 1 aromatic heterocycles. The van der Waals surface area contributed by atoms with Crippen LogP contribution in [0.1, 0.15) is 39.2 Å². The van der Waals surface area contributed by atoms with Gasteiger partial charge in [-0.2, -0.15) is 0 Å². The minimum atomic E-state index is -0.399. The number of anilines is 1. The fourth-order valence-corrected chi connectivity index (χ4v) is 4.86. The average molecular weight is 432 g/mol. The molecule has 1 aliphatic carbocycles. The van der Waals surface area contributed by atoms with E-state index in [0.29, 0.717) is 28.1 Å². The highest BCUT2D eigenvalue weighted by molar-refractivity contribution is 7.16. The zero-order valence-corrected chi connectivity index (χ0v) is 17.2. The Labute approximate surface area is 182 Å². The van der Waals surface area contributed by atoms with Gasteiger partial charge in [0, 0.05) is 17.0 Å². The molecule has 1 N–H and O–H groups in total. The molecule has 0 saturated heterocycles. The molecule has 4 aromatic rings. The minimum Gasteiger partial charge on any atom is -0.312 e. The first kappa shape index (κ1) is 19.6. The normalized spacial score (nSPS) is 17.4. The summed E-state index contributed by atoms with van der Waals surface area (Å²) in [6.07, 6.45) is 1.01. The van der Waals surface area contributed by atoms with Gasteiger partial charge in [-0.25, -0.2) is 13.8 Å². The first-order chi connectivity index (χ1) is 15.1.